The van der Waals surface area contributed by atoms with Gasteiger partial charge in [-0.1, -0.05) is 61.5 Å². The molecule has 1 aromatic carbocycles. The van der Waals surface area contributed by atoms with Crippen LogP contribution < -0.4 is 5.30 Å². The first-order valence-corrected chi connectivity index (χ1v) is 5.51. The smallest absolute Gasteiger partial charge is 0.0212 e. The molecule has 0 nitrogen and oxygen atoms in total. The molecule has 1 aromatic rings. The lowest BCUT2D eigenvalue weighted by Crippen LogP contribution is -1.89. The number of hydrogen-bond donors (Lipinski definition) is 0. The Balaban J connectivity index is 2.61. The molecule has 0 aliphatic carbocycles. The highest BCUT2D eigenvalue weighted by Crippen LogP contribution is 2.11. The number of benzene rings is 1. The number of halogens is 1. The van der Waals surface area contributed by atoms with Crippen molar-refractivity contribution in [3.8, 4) is 0 Å². The van der Waals surface area contributed by atoms with Crippen molar-refractivity contribution in [2.45, 2.75) is 0 Å². The van der Waals surface area contributed by atoms with E-state index in [0.717, 1.165) is 8.58 Å². The van der Waals surface area contributed by atoms with E-state index in [2.05, 4.69) is 52.9 Å². The van der Waals surface area contributed by atoms with Gasteiger partial charge in [-0.25, -0.2) is 0 Å². The van der Waals surface area contributed by atoms with Crippen molar-refractivity contribution in [1.29, 1.82) is 0 Å². The standard InChI is InChI=1S/C7H8IP/c8-6-9-7-4-2-1-3-5-7/h1-5,9H,6H2. The van der Waals surface area contributed by atoms with Crippen molar-refractivity contribution in [2.24, 2.45) is 0 Å². The average Bonchev–Trinajstić information content (AvgIpc) is 1.91. The van der Waals surface area contributed by atoms with Crippen LogP contribution in [0.15, 0.2) is 30.3 Å². The van der Waals surface area contributed by atoms with Gasteiger partial charge in [0, 0.05) is 4.17 Å². The van der Waals surface area contributed by atoms with Gasteiger partial charge in [-0.05, 0) is 5.30 Å². The van der Waals surface area contributed by atoms with E-state index in [1.54, 1.807) is 0 Å². The molecule has 2 heteroatoms. The maximum Gasteiger partial charge on any atom is 0.0212 e. The van der Waals surface area contributed by atoms with Crippen LogP contribution in [0.2, 0.25) is 0 Å². The van der Waals surface area contributed by atoms with E-state index >= 15 is 0 Å². The number of rotatable bonds is 2. The van der Waals surface area contributed by atoms with Crippen molar-refractivity contribution >= 4 is 36.5 Å². The molecule has 0 aliphatic heterocycles. The second-order valence-corrected chi connectivity index (χ2v) is 5.16. The maximum atomic E-state index is 2.40. The van der Waals surface area contributed by atoms with Crippen LogP contribution in [-0.4, -0.2) is 4.17 Å². The Kier molecular flexibility index (Phi) is 3.52. The van der Waals surface area contributed by atoms with Crippen molar-refractivity contribution < 1.29 is 0 Å². The Morgan fingerprint density at radius 2 is 1.89 bits per heavy atom. The summed E-state index contributed by atoms with van der Waals surface area (Å²) in [6.45, 7) is 0. The fraction of sp³-hybridized carbons (Fsp3) is 0.143. The zero-order valence-electron chi connectivity index (χ0n) is 4.97. The van der Waals surface area contributed by atoms with Crippen LogP contribution in [-0.2, 0) is 0 Å². The van der Waals surface area contributed by atoms with E-state index in [1.807, 2.05) is 0 Å². The first kappa shape index (κ1) is 7.49. The molecule has 0 fully saturated rings. The van der Waals surface area contributed by atoms with E-state index < -0.39 is 0 Å². The summed E-state index contributed by atoms with van der Waals surface area (Å²) < 4.78 is 1.24. The lowest BCUT2D eigenvalue weighted by molar-refractivity contribution is 1.78. The number of hydrogen-bond acceptors (Lipinski definition) is 0. The van der Waals surface area contributed by atoms with Crippen LogP contribution in [0.5, 0.6) is 0 Å². The van der Waals surface area contributed by atoms with E-state index in [4.69, 9.17) is 0 Å². The van der Waals surface area contributed by atoms with Crippen LogP contribution in [0.1, 0.15) is 0 Å². The van der Waals surface area contributed by atoms with E-state index in [-0.39, 0.29) is 0 Å². The zero-order chi connectivity index (χ0) is 6.53. The van der Waals surface area contributed by atoms with Crippen LogP contribution in [0, 0.1) is 0 Å². The Morgan fingerprint density at radius 1 is 1.22 bits per heavy atom. The van der Waals surface area contributed by atoms with Gasteiger partial charge in [0.05, 0.1) is 0 Å². The second-order valence-electron chi connectivity index (χ2n) is 1.68. The fourth-order valence-corrected chi connectivity index (χ4v) is 2.54. The van der Waals surface area contributed by atoms with Gasteiger partial charge in [-0.3, -0.25) is 0 Å². The zero-order valence-corrected chi connectivity index (χ0v) is 8.13. The van der Waals surface area contributed by atoms with Crippen molar-refractivity contribution in [3.05, 3.63) is 30.3 Å². The summed E-state index contributed by atoms with van der Waals surface area (Å²) in [7, 11) is 0.974. The van der Waals surface area contributed by atoms with Crippen LogP contribution in [0.3, 0.4) is 0 Å². The largest absolute Gasteiger partial charge is 0.0812 e. The molecule has 1 atom stereocenters. The molecule has 48 valence electrons. The molecule has 0 N–H and O–H groups in total. The molecule has 0 spiro atoms. The van der Waals surface area contributed by atoms with Gasteiger partial charge < -0.3 is 0 Å². The van der Waals surface area contributed by atoms with Crippen molar-refractivity contribution in [3.63, 3.8) is 0 Å². The summed E-state index contributed by atoms with van der Waals surface area (Å²) in [5, 5.41) is 1.46. The van der Waals surface area contributed by atoms with E-state index in [1.165, 1.54) is 9.47 Å². The summed E-state index contributed by atoms with van der Waals surface area (Å²) in [4.78, 5) is 0. The Hall–Kier alpha value is 0.380. The van der Waals surface area contributed by atoms with Gasteiger partial charge in [0.25, 0.3) is 0 Å². The van der Waals surface area contributed by atoms with E-state index in [0.29, 0.717) is 0 Å². The monoisotopic (exact) mass is 250 g/mol. The van der Waals surface area contributed by atoms with Crippen LogP contribution in [0.25, 0.3) is 0 Å². The third-order valence-electron chi connectivity index (χ3n) is 1.04. The molecule has 1 rings (SSSR count). The number of alkyl halides is 1. The molecular weight excluding hydrogens is 242 g/mol. The molecule has 0 saturated carbocycles. The van der Waals surface area contributed by atoms with Gasteiger partial charge in [0.2, 0.25) is 0 Å². The molecule has 0 saturated heterocycles. The minimum absolute atomic E-state index is 0.974. The summed E-state index contributed by atoms with van der Waals surface area (Å²) in [6, 6.07) is 10.6. The molecule has 0 radical (unpaired) electrons. The molecule has 0 aromatic heterocycles. The minimum Gasteiger partial charge on any atom is -0.0812 e. The SMILES string of the molecule is ICPc1ccccc1. The van der Waals surface area contributed by atoms with Crippen molar-refractivity contribution in [2.75, 3.05) is 4.17 Å². The van der Waals surface area contributed by atoms with Crippen LogP contribution >= 0.6 is 31.2 Å². The summed E-state index contributed by atoms with van der Waals surface area (Å²) in [6.07, 6.45) is 0. The first-order chi connectivity index (χ1) is 4.43. The van der Waals surface area contributed by atoms with Crippen molar-refractivity contribution in [1.82, 2.24) is 0 Å². The lowest BCUT2D eigenvalue weighted by atomic mass is 10.4. The Morgan fingerprint density at radius 3 is 2.44 bits per heavy atom. The highest BCUT2D eigenvalue weighted by atomic mass is 127. The first-order valence-electron chi connectivity index (χ1n) is 2.78. The highest BCUT2D eigenvalue weighted by Gasteiger charge is 1.84. The Bertz CT molecular complexity index is 162. The van der Waals surface area contributed by atoms with E-state index in [9.17, 15) is 0 Å². The predicted octanol–water partition coefficient (Wildman–Crippen LogP) is 2.38. The lowest BCUT2D eigenvalue weighted by Gasteiger charge is -1.93. The van der Waals surface area contributed by atoms with Gasteiger partial charge in [0.1, 0.15) is 0 Å². The summed E-state index contributed by atoms with van der Waals surface area (Å²) >= 11 is 2.40. The molecule has 0 amide bonds. The predicted molar refractivity (Wildman–Crippen MR) is 53.3 cm³/mol. The molecule has 1 unspecified atom stereocenters. The van der Waals surface area contributed by atoms with Gasteiger partial charge in [-0.15, -0.1) is 0 Å². The Labute approximate surface area is 71.0 Å². The minimum atomic E-state index is 0.974. The molecule has 9 heavy (non-hydrogen) atoms. The summed E-state index contributed by atoms with van der Waals surface area (Å²) in [5.41, 5.74) is 0. The van der Waals surface area contributed by atoms with Gasteiger partial charge in [0.15, 0.2) is 0 Å². The molecular formula is C7H8IP. The topological polar surface area (TPSA) is 0 Å². The average molecular weight is 250 g/mol. The quantitative estimate of drug-likeness (QED) is 0.429. The maximum absolute atomic E-state index is 2.40. The third kappa shape index (κ3) is 2.63. The van der Waals surface area contributed by atoms with Crippen LogP contribution in [0.4, 0.5) is 0 Å². The molecule has 0 aliphatic rings. The third-order valence-corrected chi connectivity index (χ3v) is 3.06. The summed E-state index contributed by atoms with van der Waals surface area (Å²) in [5.74, 6) is 0. The van der Waals surface area contributed by atoms with Gasteiger partial charge >= 0.3 is 0 Å². The fourth-order valence-electron chi connectivity index (χ4n) is 0.633. The highest BCUT2D eigenvalue weighted by molar-refractivity contribution is 14.1. The molecule has 0 bridgehead atoms. The normalized spacial score (nSPS) is 10.8. The second kappa shape index (κ2) is 4.24. The molecule has 0 heterocycles. The van der Waals surface area contributed by atoms with Gasteiger partial charge in [-0.2, -0.15) is 0 Å².